The number of alkyl halides is 2. The number of carbonyl (C=O) groups excluding carboxylic acids is 1. The average molecular weight is 489 g/mol. The molecule has 1 aliphatic rings. The Labute approximate surface area is 199 Å². The highest BCUT2D eigenvalue weighted by atomic mass is 19.3. The maximum atomic E-state index is 14.1. The molecular weight excluding hydrogens is 463 g/mol. The lowest BCUT2D eigenvalue weighted by Crippen LogP contribution is -2.28. The number of carbonyl (C=O) groups is 1. The van der Waals surface area contributed by atoms with E-state index < -0.39 is 23.1 Å². The first-order valence-corrected chi connectivity index (χ1v) is 11.4. The van der Waals surface area contributed by atoms with Gasteiger partial charge in [-0.15, -0.1) is 0 Å². The Morgan fingerprint density at radius 1 is 1.23 bits per heavy atom. The van der Waals surface area contributed by atoms with Crippen LogP contribution >= 0.6 is 0 Å². The minimum Gasteiger partial charge on any atom is -0.491 e. The molecule has 3 heterocycles. The summed E-state index contributed by atoms with van der Waals surface area (Å²) in [6, 6.07) is 5.72. The van der Waals surface area contributed by atoms with Gasteiger partial charge in [-0.1, -0.05) is 0 Å². The maximum Gasteiger partial charge on any atom is 0.344 e. The number of nitrogens with one attached hydrogen (secondary N) is 1. The first kappa shape index (κ1) is 24.6. The number of methoxy groups -OCH3 is 1. The summed E-state index contributed by atoms with van der Waals surface area (Å²) in [4.78, 5) is 35.5. The van der Waals surface area contributed by atoms with Gasteiger partial charge in [-0.3, -0.25) is 4.79 Å². The molecule has 2 aromatic heterocycles. The predicted molar refractivity (Wildman–Crippen MR) is 126 cm³/mol. The highest BCUT2D eigenvalue weighted by molar-refractivity contribution is 6.00. The molecule has 1 aromatic carbocycles. The molecule has 0 unspecified atom stereocenters. The van der Waals surface area contributed by atoms with Gasteiger partial charge >= 0.3 is 5.97 Å². The van der Waals surface area contributed by atoms with Crippen LogP contribution in [0.1, 0.15) is 42.2 Å². The number of halogens is 3. The molecule has 0 amide bonds. The van der Waals surface area contributed by atoms with Crippen LogP contribution in [0.5, 0.6) is 5.75 Å². The van der Waals surface area contributed by atoms with Crippen LogP contribution in [0.15, 0.2) is 29.1 Å². The lowest BCUT2D eigenvalue weighted by Gasteiger charge is -2.25. The van der Waals surface area contributed by atoms with E-state index in [-0.39, 0.29) is 61.8 Å². The first-order valence-electron chi connectivity index (χ1n) is 11.4. The van der Waals surface area contributed by atoms with Crippen molar-refractivity contribution in [3.05, 3.63) is 51.6 Å². The second-order valence-electron chi connectivity index (χ2n) is 8.48. The second-order valence-corrected chi connectivity index (χ2v) is 8.48. The number of hydrogen-bond acceptors (Lipinski definition) is 6. The third-order valence-electron chi connectivity index (χ3n) is 6.07. The van der Waals surface area contributed by atoms with Crippen LogP contribution in [0.4, 0.5) is 19.0 Å². The molecule has 1 aliphatic heterocycles. The highest BCUT2D eigenvalue weighted by Gasteiger charge is 2.34. The van der Waals surface area contributed by atoms with Gasteiger partial charge < -0.3 is 19.4 Å². The molecule has 0 spiro atoms. The lowest BCUT2D eigenvalue weighted by molar-refractivity contribution is -0.0102. The molecule has 0 saturated carbocycles. The van der Waals surface area contributed by atoms with Crippen LogP contribution < -0.4 is 15.1 Å². The monoisotopic (exact) mass is 489 g/mol. The number of ether oxygens (including phenoxy) is 2. The van der Waals surface area contributed by atoms with E-state index in [1.165, 1.54) is 25.3 Å². The maximum absolute atomic E-state index is 14.1. The topological polar surface area (TPSA) is 84.5 Å². The van der Waals surface area contributed by atoms with Gasteiger partial charge in [0.1, 0.15) is 17.2 Å². The number of esters is 1. The Morgan fingerprint density at radius 2 is 2.00 bits per heavy atom. The van der Waals surface area contributed by atoms with Gasteiger partial charge in [0.05, 0.1) is 30.6 Å². The summed E-state index contributed by atoms with van der Waals surface area (Å²) in [5.41, 5.74) is 0.235. The van der Waals surface area contributed by atoms with E-state index >= 15 is 0 Å². The van der Waals surface area contributed by atoms with Crippen molar-refractivity contribution in [1.82, 2.24) is 9.97 Å². The summed E-state index contributed by atoms with van der Waals surface area (Å²) in [6.45, 7) is 3.56. The van der Waals surface area contributed by atoms with Crippen LogP contribution in [-0.2, 0) is 4.74 Å². The quantitative estimate of drug-likeness (QED) is 0.516. The summed E-state index contributed by atoms with van der Waals surface area (Å²) in [6.07, 6.45) is -0.413. The third kappa shape index (κ3) is 4.82. The molecule has 7 nitrogen and oxygen atoms in total. The van der Waals surface area contributed by atoms with Crippen molar-refractivity contribution in [2.75, 3.05) is 31.7 Å². The number of hydrogen-bond donors (Lipinski definition) is 1. The summed E-state index contributed by atoms with van der Waals surface area (Å²) in [5.74, 6) is -3.92. The van der Waals surface area contributed by atoms with E-state index in [0.717, 1.165) is 0 Å². The fourth-order valence-electron chi connectivity index (χ4n) is 4.38. The van der Waals surface area contributed by atoms with Crippen molar-refractivity contribution >= 4 is 22.7 Å². The molecule has 4 rings (SSSR count). The van der Waals surface area contributed by atoms with Gasteiger partial charge in [0.15, 0.2) is 5.75 Å². The fraction of sp³-hybridized carbons (Fsp3) is 0.400. The number of H-pyrrole nitrogens is 1. The number of aryl methyl sites for hydroxylation is 1. The summed E-state index contributed by atoms with van der Waals surface area (Å²) >= 11 is 0. The predicted octanol–water partition coefficient (Wildman–Crippen LogP) is 4.85. The molecule has 186 valence electrons. The molecular formula is C25H26F3N3O4. The number of benzene rings is 1. The van der Waals surface area contributed by atoms with Crippen LogP contribution in [0.25, 0.3) is 22.2 Å². The summed E-state index contributed by atoms with van der Waals surface area (Å²) in [7, 11) is 1.32. The smallest absolute Gasteiger partial charge is 0.344 e. The minimum atomic E-state index is -2.81. The number of pyridine rings is 2. The van der Waals surface area contributed by atoms with Crippen molar-refractivity contribution < 1.29 is 27.4 Å². The van der Waals surface area contributed by atoms with Gasteiger partial charge in [-0.2, -0.15) is 0 Å². The van der Waals surface area contributed by atoms with Crippen molar-refractivity contribution in [2.45, 2.75) is 39.0 Å². The van der Waals surface area contributed by atoms with E-state index in [1.54, 1.807) is 24.8 Å². The molecule has 3 aromatic rings. The van der Waals surface area contributed by atoms with E-state index in [2.05, 4.69) is 9.97 Å². The number of nitrogens with zero attached hydrogens (tertiary/aromatic N) is 2. The normalized spacial score (nSPS) is 15.7. The second kappa shape index (κ2) is 9.59. The van der Waals surface area contributed by atoms with Crippen LogP contribution in [-0.4, -0.2) is 48.7 Å². The number of rotatable bonds is 5. The summed E-state index contributed by atoms with van der Waals surface area (Å²) < 4.78 is 52.5. The zero-order valence-electron chi connectivity index (χ0n) is 19.7. The fourth-order valence-corrected chi connectivity index (χ4v) is 4.38. The van der Waals surface area contributed by atoms with Crippen LogP contribution in [0, 0.1) is 12.7 Å². The Bertz CT molecular complexity index is 1340. The molecule has 1 saturated heterocycles. The third-order valence-corrected chi connectivity index (χ3v) is 6.07. The van der Waals surface area contributed by atoms with E-state index in [0.29, 0.717) is 22.2 Å². The Hall–Kier alpha value is -3.56. The number of anilines is 1. The van der Waals surface area contributed by atoms with Gasteiger partial charge in [-0.25, -0.2) is 22.9 Å². The van der Waals surface area contributed by atoms with Crippen LogP contribution in [0.2, 0.25) is 0 Å². The van der Waals surface area contributed by atoms with Gasteiger partial charge in [0.2, 0.25) is 11.4 Å². The molecule has 0 aliphatic carbocycles. The molecule has 1 N–H and O–H groups in total. The number of aromatic nitrogens is 2. The summed E-state index contributed by atoms with van der Waals surface area (Å²) in [5, 5.41) is 0.550. The zero-order valence-corrected chi connectivity index (χ0v) is 19.7. The highest BCUT2D eigenvalue weighted by Crippen LogP contribution is 2.37. The Morgan fingerprint density at radius 3 is 2.71 bits per heavy atom. The Kier molecular flexibility index (Phi) is 6.73. The van der Waals surface area contributed by atoms with Crippen molar-refractivity contribution in [2.24, 2.45) is 0 Å². The minimum absolute atomic E-state index is 0.00192. The molecule has 1 fully saturated rings. The average Bonchev–Trinajstić information content (AvgIpc) is 2.98. The van der Waals surface area contributed by atoms with Crippen molar-refractivity contribution in [3.8, 4) is 17.0 Å². The van der Waals surface area contributed by atoms with Crippen molar-refractivity contribution in [1.29, 1.82) is 0 Å². The molecule has 0 radical (unpaired) electrons. The zero-order chi connectivity index (χ0) is 25.3. The Balaban J connectivity index is 2.01. The number of fused-ring (bicyclic) bond motifs is 1. The number of aromatic amines is 1. The van der Waals surface area contributed by atoms with Gasteiger partial charge in [-0.05, 0) is 38.5 Å². The lowest BCUT2D eigenvalue weighted by atomic mass is 10.0. The van der Waals surface area contributed by atoms with E-state index in [9.17, 15) is 22.8 Å². The van der Waals surface area contributed by atoms with Gasteiger partial charge in [0, 0.05) is 42.9 Å². The van der Waals surface area contributed by atoms with Crippen LogP contribution in [0.3, 0.4) is 0 Å². The van der Waals surface area contributed by atoms with Crippen molar-refractivity contribution in [3.63, 3.8) is 0 Å². The van der Waals surface area contributed by atoms with Gasteiger partial charge in [0.25, 0.3) is 0 Å². The molecule has 0 atom stereocenters. The van der Waals surface area contributed by atoms with E-state index in [1.807, 2.05) is 0 Å². The van der Waals surface area contributed by atoms with E-state index in [4.69, 9.17) is 9.47 Å². The first-order chi connectivity index (χ1) is 16.6. The molecule has 10 heteroatoms. The SMILES string of the molecule is CCOC(=O)c1c(-c2cc3ccc(F)cc3nc2N2CCCC(F)(F)CC2)[nH]c(C)c(OC)c1=O. The molecule has 0 bridgehead atoms. The molecule has 35 heavy (non-hydrogen) atoms. The largest absolute Gasteiger partial charge is 0.491 e. The standard InChI is InChI=1S/C25H26F3N3O4/c1-4-35-24(33)19-20(29-14(2)22(34-3)21(19)32)17-12-15-6-7-16(26)13-18(15)30-23(17)31-10-5-8-25(27,28)9-11-31/h6-7,12-13H,4-5,8-11H2,1-3H3,(H,29,32).